The smallest absolute Gasteiger partial charge is 0.227 e. The standard InChI is InChI=1S/C14H23N3O2/c1-2-18-13(11-5-6-11)14-16-12(19-17-14)8-10-4-3-7-15-9-10/h10-11,13,15H,2-9H2,1H3. The van der Waals surface area contributed by atoms with E-state index in [9.17, 15) is 0 Å². The molecule has 1 N–H and O–H groups in total. The zero-order valence-electron chi connectivity index (χ0n) is 11.6. The van der Waals surface area contributed by atoms with Gasteiger partial charge in [0.25, 0.3) is 0 Å². The van der Waals surface area contributed by atoms with Crippen LogP contribution in [0.3, 0.4) is 0 Å². The number of nitrogens with zero attached hydrogens (tertiary/aromatic N) is 2. The molecular weight excluding hydrogens is 242 g/mol. The van der Waals surface area contributed by atoms with Crippen LogP contribution in [0.15, 0.2) is 4.52 Å². The van der Waals surface area contributed by atoms with Gasteiger partial charge in [0.2, 0.25) is 11.7 Å². The monoisotopic (exact) mass is 265 g/mol. The number of hydrogen-bond donors (Lipinski definition) is 1. The van der Waals surface area contributed by atoms with Crippen LogP contribution in [0.4, 0.5) is 0 Å². The van der Waals surface area contributed by atoms with E-state index in [1.165, 1.54) is 25.7 Å². The van der Waals surface area contributed by atoms with Crippen LogP contribution in [0.2, 0.25) is 0 Å². The van der Waals surface area contributed by atoms with Crippen molar-refractivity contribution in [3.8, 4) is 0 Å². The normalized spacial score (nSPS) is 25.4. The van der Waals surface area contributed by atoms with Gasteiger partial charge in [-0.25, -0.2) is 0 Å². The predicted molar refractivity (Wildman–Crippen MR) is 70.7 cm³/mol. The lowest BCUT2D eigenvalue weighted by Crippen LogP contribution is -2.30. The lowest BCUT2D eigenvalue weighted by Gasteiger charge is -2.20. The Morgan fingerprint density at radius 3 is 3.00 bits per heavy atom. The van der Waals surface area contributed by atoms with Crippen LogP contribution in [0.25, 0.3) is 0 Å². The lowest BCUT2D eigenvalue weighted by atomic mass is 9.96. The Morgan fingerprint density at radius 1 is 1.42 bits per heavy atom. The highest BCUT2D eigenvalue weighted by Crippen LogP contribution is 2.42. The van der Waals surface area contributed by atoms with Gasteiger partial charge in [0, 0.05) is 13.0 Å². The number of piperidine rings is 1. The fraction of sp³-hybridized carbons (Fsp3) is 0.857. The second-order valence-electron chi connectivity index (χ2n) is 5.68. The van der Waals surface area contributed by atoms with E-state index in [-0.39, 0.29) is 6.10 Å². The van der Waals surface area contributed by atoms with Crippen LogP contribution in [0.1, 0.15) is 50.4 Å². The summed E-state index contributed by atoms with van der Waals surface area (Å²) in [6.45, 7) is 4.93. The van der Waals surface area contributed by atoms with E-state index in [1.54, 1.807) is 0 Å². The van der Waals surface area contributed by atoms with Crippen molar-refractivity contribution in [1.82, 2.24) is 15.5 Å². The van der Waals surface area contributed by atoms with Gasteiger partial charge in [0.05, 0.1) is 0 Å². The highest BCUT2D eigenvalue weighted by Gasteiger charge is 2.36. The number of hydrogen-bond acceptors (Lipinski definition) is 5. The first-order valence-corrected chi connectivity index (χ1v) is 7.51. The number of nitrogens with one attached hydrogen (secondary N) is 1. The van der Waals surface area contributed by atoms with Gasteiger partial charge in [-0.05, 0) is 57.5 Å². The average Bonchev–Trinajstić information content (AvgIpc) is 3.17. The van der Waals surface area contributed by atoms with Crippen molar-refractivity contribution in [2.24, 2.45) is 11.8 Å². The van der Waals surface area contributed by atoms with Crippen LogP contribution < -0.4 is 5.32 Å². The van der Waals surface area contributed by atoms with Crippen molar-refractivity contribution < 1.29 is 9.26 Å². The first-order valence-electron chi connectivity index (χ1n) is 7.51. The third kappa shape index (κ3) is 3.34. The molecule has 1 saturated carbocycles. The molecule has 2 fully saturated rings. The Morgan fingerprint density at radius 2 is 2.32 bits per heavy atom. The molecule has 19 heavy (non-hydrogen) atoms. The van der Waals surface area contributed by atoms with Crippen molar-refractivity contribution >= 4 is 0 Å². The molecule has 5 heteroatoms. The van der Waals surface area contributed by atoms with Crippen LogP contribution in [-0.2, 0) is 11.2 Å². The van der Waals surface area contributed by atoms with Crippen molar-refractivity contribution in [3.05, 3.63) is 11.7 Å². The van der Waals surface area contributed by atoms with Crippen LogP contribution in [0.5, 0.6) is 0 Å². The van der Waals surface area contributed by atoms with Gasteiger partial charge in [-0.15, -0.1) is 0 Å². The zero-order valence-corrected chi connectivity index (χ0v) is 11.6. The molecule has 5 nitrogen and oxygen atoms in total. The summed E-state index contributed by atoms with van der Waals surface area (Å²) < 4.78 is 11.2. The van der Waals surface area contributed by atoms with E-state index in [0.29, 0.717) is 18.4 Å². The van der Waals surface area contributed by atoms with E-state index in [2.05, 4.69) is 15.5 Å². The molecule has 2 atom stereocenters. The molecule has 106 valence electrons. The highest BCUT2D eigenvalue weighted by molar-refractivity contribution is 4.99. The van der Waals surface area contributed by atoms with Gasteiger partial charge in [0.1, 0.15) is 6.10 Å². The molecule has 1 aliphatic heterocycles. The first-order chi connectivity index (χ1) is 9.36. The fourth-order valence-corrected chi connectivity index (χ4v) is 2.81. The minimum atomic E-state index is 0.0481. The van der Waals surface area contributed by atoms with E-state index in [4.69, 9.17) is 9.26 Å². The Bertz CT molecular complexity index is 397. The molecule has 1 saturated heterocycles. The Labute approximate surface area is 114 Å². The summed E-state index contributed by atoms with van der Waals surface area (Å²) in [5.41, 5.74) is 0. The number of rotatable bonds is 6. The second-order valence-corrected chi connectivity index (χ2v) is 5.68. The predicted octanol–water partition coefficient (Wildman–Crippen LogP) is 2.10. The minimum absolute atomic E-state index is 0.0481. The number of ether oxygens (including phenoxy) is 1. The maximum Gasteiger partial charge on any atom is 0.227 e. The minimum Gasteiger partial charge on any atom is -0.370 e. The Kier molecular flexibility index (Phi) is 4.13. The highest BCUT2D eigenvalue weighted by atomic mass is 16.5. The largest absolute Gasteiger partial charge is 0.370 e. The van der Waals surface area contributed by atoms with Gasteiger partial charge in [-0.3, -0.25) is 0 Å². The van der Waals surface area contributed by atoms with E-state index in [0.717, 1.165) is 31.2 Å². The maximum absolute atomic E-state index is 5.76. The van der Waals surface area contributed by atoms with Crippen molar-refractivity contribution in [2.45, 2.75) is 45.1 Å². The quantitative estimate of drug-likeness (QED) is 0.853. The molecule has 3 rings (SSSR count). The van der Waals surface area contributed by atoms with E-state index in [1.807, 2.05) is 6.92 Å². The second kappa shape index (κ2) is 6.01. The van der Waals surface area contributed by atoms with Crippen molar-refractivity contribution in [1.29, 1.82) is 0 Å². The molecular formula is C14H23N3O2. The molecule has 2 aliphatic rings. The zero-order chi connectivity index (χ0) is 13.1. The van der Waals surface area contributed by atoms with Crippen LogP contribution in [-0.4, -0.2) is 29.8 Å². The summed E-state index contributed by atoms with van der Waals surface area (Å²) in [6.07, 6.45) is 5.88. The molecule has 1 aromatic rings. The van der Waals surface area contributed by atoms with Crippen molar-refractivity contribution in [3.63, 3.8) is 0 Å². The molecule has 1 aliphatic carbocycles. The third-order valence-corrected chi connectivity index (χ3v) is 4.00. The Hall–Kier alpha value is -0.940. The molecule has 0 bridgehead atoms. The van der Waals surface area contributed by atoms with E-state index < -0.39 is 0 Å². The molecule has 0 amide bonds. The fourth-order valence-electron chi connectivity index (χ4n) is 2.81. The molecule has 2 unspecified atom stereocenters. The van der Waals surface area contributed by atoms with Gasteiger partial charge in [-0.2, -0.15) is 4.98 Å². The molecule has 0 radical (unpaired) electrons. The van der Waals surface area contributed by atoms with Gasteiger partial charge >= 0.3 is 0 Å². The lowest BCUT2D eigenvalue weighted by molar-refractivity contribution is 0.0384. The Balaban J connectivity index is 1.61. The third-order valence-electron chi connectivity index (χ3n) is 4.00. The van der Waals surface area contributed by atoms with Crippen molar-refractivity contribution in [2.75, 3.05) is 19.7 Å². The molecule has 0 aromatic carbocycles. The summed E-state index contributed by atoms with van der Waals surface area (Å²) in [5.74, 6) is 2.76. The first kappa shape index (κ1) is 13.1. The molecule has 0 spiro atoms. The summed E-state index contributed by atoms with van der Waals surface area (Å²) in [6, 6.07) is 0. The SMILES string of the molecule is CCOC(c1noc(CC2CCCNC2)n1)C1CC1. The topological polar surface area (TPSA) is 60.2 Å². The summed E-state index contributed by atoms with van der Waals surface area (Å²) in [4.78, 5) is 4.55. The summed E-state index contributed by atoms with van der Waals surface area (Å²) in [7, 11) is 0. The van der Waals surface area contributed by atoms with Gasteiger partial charge < -0.3 is 14.6 Å². The van der Waals surface area contributed by atoms with Gasteiger partial charge in [-0.1, -0.05) is 5.16 Å². The van der Waals surface area contributed by atoms with Gasteiger partial charge in [0.15, 0.2) is 0 Å². The summed E-state index contributed by atoms with van der Waals surface area (Å²) >= 11 is 0. The van der Waals surface area contributed by atoms with E-state index >= 15 is 0 Å². The van der Waals surface area contributed by atoms with Crippen LogP contribution in [0, 0.1) is 11.8 Å². The molecule has 2 heterocycles. The molecule has 1 aromatic heterocycles. The number of aromatic nitrogens is 2. The van der Waals surface area contributed by atoms with Crippen LogP contribution >= 0.6 is 0 Å². The average molecular weight is 265 g/mol. The summed E-state index contributed by atoms with van der Waals surface area (Å²) in [5, 5.41) is 7.55. The maximum atomic E-state index is 5.76.